The number of aromatic nitrogens is 2. The third kappa shape index (κ3) is 13.1. The molecule has 0 aliphatic rings. The molecule has 4 amide bonds. The summed E-state index contributed by atoms with van der Waals surface area (Å²) in [5, 5.41) is 23.3. The lowest BCUT2D eigenvalue weighted by Crippen LogP contribution is -2.57. The Morgan fingerprint density at radius 1 is 0.882 bits per heavy atom. The Balaban J connectivity index is 1.46. The number of ether oxygens (including phenoxy) is 2. The van der Waals surface area contributed by atoms with Gasteiger partial charge in [-0.05, 0) is 42.4 Å². The first-order chi connectivity index (χ1) is 24.6. The molecule has 0 aliphatic heterocycles. The highest BCUT2D eigenvalue weighted by molar-refractivity contribution is 7.09. The Kier molecular flexibility index (Phi) is 15.4. The molecule has 13 heteroatoms. The van der Waals surface area contributed by atoms with Crippen LogP contribution in [0.15, 0.2) is 90.6 Å². The van der Waals surface area contributed by atoms with Gasteiger partial charge in [0, 0.05) is 43.5 Å². The van der Waals surface area contributed by atoms with Crippen LogP contribution in [-0.2, 0) is 46.9 Å². The van der Waals surface area contributed by atoms with E-state index in [1.165, 1.54) is 16.2 Å². The average molecular weight is 717 g/mol. The summed E-state index contributed by atoms with van der Waals surface area (Å²) < 4.78 is 10.6. The maximum atomic E-state index is 13.9. The molecule has 2 aromatic heterocycles. The zero-order chi connectivity index (χ0) is 36.6. The molecule has 2 heterocycles. The monoisotopic (exact) mass is 716 g/mol. The zero-order valence-electron chi connectivity index (χ0n) is 29.5. The summed E-state index contributed by atoms with van der Waals surface area (Å²) in [5.41, 5.74) is 3.34. The van der Waals surface area contributed by atoms with Crippen molar-refractivity contribution in [1.29, 1.82) is 0 Å². The number of aliphatic hydroxyl groups is 1. The van der Waals surface area contributed by atoms with Crippen LogP contribution in [0, 0.1) is 5.92 Å². The second-order valence-electron chi connectivity index (χ2n) is 12.8. The number of hydrogen-bond donors (Lipinski definition) is 4. The van der Waals surface area contributed by atoms with Crippen LogP contribution >= 0.6 is 11.3 Å². The van der Waals surface area contributed by atoms with E-state index in [-0.39, 0.29) is 25.5 Å². The van der Waals surface area contributed by atoms with E-state index in [0.717, 1.165) is 27.4 Å². The lowest BCUT2D eigenvalue weighted by Gasteiger charge is -2.31. The minimum Gasteiger partial charge on any atom is -0.445 e. The van der Waals surface area contributed by atoms with Gasteiger partial charge in [0.25, 0.3) is 0 Å². The van der Waals surface area contributed by atoms with Crippen LogP contribution in [0.3, 0.4) is 0 Å². The van der Waals surface area contributed by atoms with E-state index < -0.39 is 42.3 Å². The van der Waals surface area contributed by atoms with Crippen molar-refractivity contribution in [2.24, 2.45) is 5.92 Å². The van der Waals surface area contributed by atoms with Crippen LogP contribution in [0.4, 0.5) is 9.59 Å². The number of methoxy groups -OCH3 is 1. The molecule has 12 nitrogen and oxygen atoms in total. The highest BCUT2D eigenvalue weighted by atomic mass is 32.1. The molecule has 0 radical (unpaired) electrons. The Hall–Kier alpha value is -4.85. The molecule has 4 N–H and O–H groups in total. The first kappa shape index (κ1) is 38.9. The van der Waals surface area contributed by atoms with Crippen molar-refractivity contribution >= 4 is 29.4 Å². The first-order valence-corrected chi connectivity index (χ1v) is 17.8. The summed E-state index contributed by atoms with van der Waals surface area (Å²) in [6.45, 7) is 4.39. The quantitative estimate of drug-likeness (QED) is 0.114. The second-order valence-corrected chi connectivity index (χ2v) is 13.7. The highest BCUT2D eigenvalue weighted by Gasteiger charge is 2.31. The number of nitrogens with one attached hydrogen (secondary N) is 3. The van der Waals surface area contributed by atoms with E-state index in [0.29, 0.717) is 19.4 Å². The molecular formula is C38H48N6O6S. The topological polar surface area (TPSA) is 155 Å². The Labute approximate surface area is 303 Å². The molecule has 0 aliphatic carbocycles. The average Bonchev–Trinajstić information content (AvgIpc) is 3.57. The van der Waals surface area contributed by atoms with E-state index >= 15 is 0 Å². The second kappa shape index (κ2) is 20.1. The lowest BCUT2D eigenvalue weighted by atomic mass is 9.93. The van der Waals surface area contributed by atoms with Gasteiger partial charge < -0.3 is 35.4 Å². The molecule has 4 atom stereocenters. The molecule has 4 rings (SSSR count). The number of aliphatic hydroxyl groups excluding tert-OH is 1. The highest BCUT2D eigenvalue weighted by Crippen LogP contribution is 2.16. The fourth-order valence-corrected chi connectivity index (χ4v) is 6.27. The number of rotatable bonds is 18. The van der Waals surface area contributed by atoms with Crippen molar-refractivity contribution in [2.45, 2.75) is 77.1 Å². The maximum absolute atomic E-state index is 13.9. The number of hydrogen-bond acceptors (Lipinski definition) is 9. The van der Waals surface area contributed by atoms with E-state index in [2.05, 4.69) is 25.9 Å². The minimum absolute atomic E-state index is 0.0447. The zero-order valence-corrected chi connectivity index (χ0v) is 30.3. The van der Waals surface area contributed by atoms with E-state index in [9.17, 15) is 19.5 Å². The normalized spacial score (nSPS) is 13.5. The van der Waals surface area contributed by atoms with E-state index in [1.54, 1.807) is 32.6 Å². The fraction of sp³-hybridized carbons (Fsp3) is 0.395. The van der Waals surface area contributed by atoms with Gasteiger partial charge in [-0.25, -0.2) is 14.6 Å². The molecule has 0 fully saturated rings. The van der Waals surface area contributed by atoms with Crippen LogP contribution in [0.5, 0.6) is 0 Å². The third-order valence-electron chi connectivity index (χ3n) is 8.20. The summed E-state index contributed by atoms with van der Waals surface area (Å²) >= 11 is 1.46. The number of thiazole rings is 1. The SMILES string of the molecule is COCc1nc(CN(C)C(=O)N[C@H](C(=O)N[C@@H](Cc2ccccc2)[C@@H](O)C[C@H](Cc2ccccc2)NC(=O)OCc2cccnc2)C(C)C)cs1. The van der Waals surface area contributed by atoms with Gasteiger partial charge in [0.15, 0.2) is 0 Å². The van der Waals surface area contributed by atoms with Crippen molar-refractivity contribution in [3.63, 3.8) is 0 Å². The van der Waals surface area contributed by atoms with Gasteiger partial charge in [-0.15, -0.1) is 11.3 Å². The molecule has 0 saturated heterocycles. The molecular weight excluding hydrogens is 669 g/mol. The molecule has 0 bridgehead atoms. The van der Waals surface area contributed by atoms with Crippen LogP contribution in [0.1, 0.15) is 47.7 Å². The van der Waals surface area contributed by atoms with Crippen molar-refractivity contribution in [1.82, 2.24) is 30.8 Å². The maximum Gasteiger partial charge on any atom is 0.407 e. The predicted molar refractivity (Wildman–Crippen MR) is 196 cm³/mol. The van der Waals surface area contributed by atoms with Gasteiger partial charge in [-0.2, -0.15) is 0 Å². The number of amides is 4. The number of pyridine rings is 1. The smallest absolute Gasteiger partial charge is 0.407 e. The van der Waals surface area contributed by atoms with Crippen LogP contribution in [0.25, 0.3) is 0 Å². The molecule has 0 saturated carbocycles. The predicted octanol–water partition coefficient (Wildman–Crippen LogP) is 4.87. The minimum atomic E-state index is -1.07. The van der Waals surface area contributed by atoms with E-state index in [1.807, 2.05) is 86.0 Å². The summed E-state index contributed by atoms with van der Waals surface area (Å²) in [5.74, 6) is -0.683. The number of benzene rings is 2. The summed E-state index contributed by atoms with van der Waals surface area (Å²) in [4.78, 5) is 50.1. The molecule has 0 spiro atoms. The van der Waals surface area contributed by atoms with Gasteiger partial charge in [0.05, 0.1) is 31.0 Å². The molecule has 0 unspecified atom stereocenters. The van der Waals surface area contributed by atoms with Crippen molar-refractivity contribution in [3.8, 4) is 0 Å². The van der Waals surface area contributed by atoms with Gasteiger partial charge in [-0.3, -0.25) is 9.78 Å². The summed E-state index contributed by atoms with van der Waals surface area (Å²) in [6.07, 6.45) is 2.44. The summed E-state index contributed by atoms with van der Waals surface area (Å²) in [7, 11) is 3.24. The summed E-state index contributed by atoms with van der Waals surface area (Å²) in [6, 6.07) is 20.2. The number of alkyl carbamates (subject to hydrolysis) is 1. The Morgan fingerprint density at radius 3 is 2.18 bits per heavy atom. The van der Waals surface area contributed by atoms with Gasteiger partial charge in [-0.1, -0.05) is 80.6 Å². The fourth-order valence-electron chi connectivity index (χ4n) is 5.52. The van der Waals surface area contributed by atoms with Gasteiger partial charge in [0.1, 0.15) is 17.7 Å². The van der Waals surface area contributed by atoms with Crippen molar-refractivity contribution in [3.05, 3.63) is 118 Å². The van der Waals surface area contributed by atoms with Crippen LogP contribution in [-0.4, -0.2) is 76.4 Å². The number of carbonyl (C=O) groups excluding carboxylic acids is 3. The molecule has 51 heavy (non-hydrogen) atoms. The van der Waals surface area contributed by atoms with Crippen molar-refractivity contribution in [2.75, 3.05) is 14.2 Å². The Morgan fingerprint density at radius 2 is 1.55 bits per heavy atom. The number of urea groups is 1. The standard InChI is InChI=1S/C38H48N6O6S/c1-26(2)35(43-37(47)44(3)22-31-25-51-34(40-31)24-49-4)36(46)42-32(19-28-14-9-6-10-15-28)33(45)20-30(18-27-12-7-5-8-13-27)41-38(48)50-23-29-16-11-17-39-21-29/h5-17,21,25-26,30,32-33,35,45H,18-20,22-24H2,1-4H3,(H,41,48)(H,42,46)(H,43,47)/t30-,32-,33-,35-/m0/s1. The van der Waals surface area contributed by atoms with Crippen LogP contribution in [0.2, 0.25) is 0 Å². The Bertz CT molecular complexity index is 1640. The van der Waals surface area contributed by atoms with Crippen LogP contribution < -0.4 is 16.0 Å². The number of carbonyl (C=O) groups is 3. The third-order valence-corrected chi connectivity index (χ3v) is 9.07. The van der Waals surface area contributed by atoms with Gasteiger partial charge in [0.2, 0.25) is 5.91 Å². The first-order valence-electron chi connectivity index (χ1n) is 16.9. The molecule has 272 valence electrons. The molecule has 2 aromatic carbocycles. The van der Waals surface area contributed by atoms with Crippen molar-refractivity contribution < 1.29 is 29.0 Å². The largest absolute Gasteiger partial charge is 0.445 e. The lowest BCUT2D eigenvalue weighted by molar-refractivity contribution is -0.125. The number of nitrogens with zero attached hydrogens (tertiary/aromatic N) is 3. The molecule has 4 aromatic rings. The van der Waals surface area contributed by atoms with Gasteiger partial charge >= 0.3 is 12.1 Å². The van der Waals surface area contributed by atoms with E-state index in [4.69, 9.17) is 9.47 Å².